The molecule has 2 heterocycles. The van der Waals surface area contributed by atoms with E-state index in [9.17, 15) is 27.5 Å². The summed E-state index contributed by atoms with van der Waals surface area (Å²) in [5.41, 5.74) is -4.08. The minimum absolute atomic E-state index is 0.00662. The number of aromatic nitrogens is 3. The Morgan fingerprint density at radius 3 is 2.44 bits per heavy atom. The van der Waals surface area contributed by atoms with E-state index in [0.29, 0.717) is 5.56 Å². The zero-order valence-corrected chi connectivity index (χ0v) is 14.7. The van der Waals surface area contributed by atoms with Crippen molar-refractivity contribution < 1.29 is 22.7 Å². The van der Waals surface area contributed by atoms with Gasteiger partial charge in [0, 0.05) is 11.1 Å². The maximum absolute atomic E-state index is 13.2. The molecule has 0 unspecified atom stereocenters. The normalized spacial score (nSPS) is 11.7. The van der Waals surface area contributed by atoms with Crippen molar-refractivity contribution in [3.8, 4) is 11.6 Å². The molecule has 2 aromatic heterocycles. The summed E-state index contributed by atoms with van der Waals surface area (Å²) in [6, 6.07) is 7.75. The highest BCUT2D eigenvalue weighted by atomic mass is 32.2. The van der Waals surface area contributed by atoms with Crippen LogP contribution in [-0.4, -0.2) is 24.7 Å². The monoisotopic (exact) mass is 399 g/mol. The highest BCUT2D eigenvalue weighted by molar-refractivity contribution is 8.00. The van der Waals surface area contributed by atoms with Crippen LogP contribution in [0.2, 0.25) is 0 Å². The summed E-state index contributed by atoms with van der Waals surface area (Å²) in [7, 11) is 0. The van der Waals surface area contributed by atoms with Crippen LogP contribution in [0.1, 0.15) is 11.3 Å². The molecule has 0 saturated carbocycles. The van der Waals surface area contributed by atoms with Gasteiger partial charge in [0.15, 0.2) is 0 Å². The van der Waals surface area contributed by atoms with Gasteiger partial charge in [-0.25, -0.2) is 14.3 Å². The van der Waals surface area contributed by atoms with Crippen LogP contribution < -0.4 is 5.69 Å². The molecule has 0 aliphatic rings. The first-order valence-corrected chi connectivity index (χ1v) is 8.45. The van der Waals surface area contributed by atoms with Crippen LogP contribution in [0.4, 0.5) is 17.6 Å². The van der Waals surface area contributed by atoms with Crippen molar-refractivity contribution in [2.45, 2.75) is 23.9 Å². The van der Waals surface area contributed by atoms with Crippen LogP contribution in [-0.2, 0) is 6.54 Å². The quantitative estimate of drug-likeness (QED) is 0.411. The van der Waals surface area contributed by atoms with Gasteiger partial charge in [0.2, 0.25) is 11.8 Å². The number of pyridine rings is 1. The van der Waals surface area contributed by atoms with E-state index >= 15 is 0 Å². The van der Waals surface area contributed by atoms with Crippen LogP contribution in [0.25, 0.3) is 5.69 Å². The average molecular weight is 399 g/mol. The average Bonchev–Trinajstić information content (AvgIpc) is 2.78. The fourth-order valence-electron chi connectivity index (χ4n) is 2.58. The predicted octanol–water partition coefficient (Wildman–Crippen LogP) is 3.85. The zero-order chi connectivity index (χ0) is 19.8. The largest absolute Gasteiger partial charge is 0.493 e. The first kappa shape index (κ1) is 19.0. The molecule has 0 aliphatic carbocycles. The van der Waals surface area contributed by atoms with Gasteiger partial charge < -0.3 is 5.11 Å². The maximum Gasteiger partial charge on any atom is 0.446 e. The molecule has 10 heteroatoms. The molecule has 3 rings (SSSR count). The molecule has 0 amide bonds. The summed E-state index contributed by atoms with van der Waals surface area (Å²) in [4.78, 5) is 16.1. The Hall–Kier alpha value is -2.75. The van der Waals surface area contributed by atoms with Crippen molar-refractivity contribution in [2.75, 3.05) is 0 Å². The predicted molar refractivity (Wildman–Crippen MR) is 91.6 cm³/mol. The van der Waals surface area contributed by atoms with Gasteiger partial charge in [-0.3, -0.25) is 4.57 Å². The first-order valence-electron chi connectivity index (χ1n) is 7.63. The molecule has 27 heavy (non-hydrogen) atoms. The van der Waals surface area contributed by atoms with Crippen molar-refractivity contribution >= 4 is 11.8 Å². The SMILES string of the molecule is Cc1c(O)n(-c2ccc(SC(F)(F)F)cc2)c(=O)n1Cc1ccnc(F)c1. The second-order valence-corrected chi connectivity index (χ2v) is 6.78. The van der Waals surface area contributed by atoms with Crippen LogP contribution in [0.5, 0.6) is 5.88 Å². The third kappa shape index (κ3) is 4.16. The fourth-order valence-corrected chi connectivity index (χ4v) is 3.12. The number of halogens is 4. The van der Waals surface area contributed by atoms with Crippen LogP contribution in [0, 0.1) is 12.9 Å². The third-order valence-electron chi connectivity index (χ3n) is 3.82. The lowest BCUT2D eigenvalue weighted by Crippen LogP contribution is -2.24. The molecule has 0 radical (unpaired) electrons. The van der Waals surface area contributed by atoms with E-state index in [4.69, 9.17) is 0 Å². The van der Waals surface area contributed by atoms with E-state index in [2.05, 4.69) is 4.98 Å². The number of aromatic hydroxyl groups is 1. The van der Waals surface area contributed by atoms with Crippen molar-refractivity contribution in [1.82, 2.24) is 14.1 Å². The zero-order valence-electron chi connectivity index (χ0n) is 13.9. The second kappa shape index (κ2) is 7.10. The molecule has 3 aromatic rings. The number of rotatable bonds is 4. The number of hydrogen-bond acceptors (Lipinski definition) is 4. The second-order valence-electron chi connectivity index (χ2n) is 5.64. The lowest BCUT2D eigenvalue weighted by atomic mass is 10.2. The van der Waals surface area contributed by atoms with E-state index in [1.807, 2.05) is 0 Å². The Kier molecular flexibility index (Phi) is 5.01. The standard InChI is InChI=1S/C17H13F4N3O2S/c1-10-15(25)24(12-2-4-13(5-3-12)27-17(19,20)21)16(26)23(10)9-11-6-7-22-14(18)8-11/h2-8,25H,9H2,1H3. The molecule has 0 atom stereocenters. The lowest BCUT2D eigenvalue weighted by Gasteiger charge is -2.07. The van der Waals surface area contributed by atoms with Gasteiger partial charge in [-0.1, -0.05) is 0 Å². The fraction of sp³-hybridized carbons (Fsp3) is 0.176. The Bertz CT molecular complexity index is 1030. The van der Waals surface area contributed by atoms with Gasteiger partial charge in [-0.15, -0.1) is 0 Å². The van der Waals surface area contributed by atoms with Gasteiger partial charge in [0.25, 0.3) is 0 Å². The minimum atomic E-state index is -4.42. The number of imidazole rings is 1. The molecule has 0 aliphatic heterocycles. The molecular formula is C17H13F4N3O2S. The molecule has 0 saturated heterocycles. The van der Waals surface area contributed by atoms with Gasteiger partial charge in [-0.05, 0) is 60.6 Å². The van der Waals surface area contributed by atoms with E-state index in [1.165, 1.54) is 54.1 Å². The van der Waals surface area contributed by atoms with Gasteiger partial charge >= 0.3 is 11.2 Å². The molecule has 0 spiro atoms. The number of thioether (sulfide) groups is 1. The number of hydrogen-bond donors (Lipinski definition) is 1. The minimum Gasteiger partial charge on any atom is -0.493 e. The Morgan fingerprint density at radius 1 is 1.19 bits per heavy atom. The number of nitrogens with zero attached hydrogens (tertiary/aromatic N) is 3. The summed E-state index contributed by atoms with van der Waals surface area (Å²) in [6.07, 6.45) is 1.26. The molecule has 0 fully saturated rings. The summed E-state index contributed by atoms with van der Waals surface area (Å²) in [5, 5.41) is 10.3. The van der Waals surface area contributed by atoms with Crippen molar-refractivity contribution in [1.29, 1.82) is 0 Å². The lowest BCUT2D eigenvalue weighted by molar-refractivity contribution is -0.0328. The number of alkyl halides is 3. The van der Waals surface area contributed by atoms with Gasteiger partial charge in [0.05, 0.1) is 17.9 Å². The van der Waals surface area contributed by atoms with Crippen molar-refractivity contribution in [2.24, 2.45) is 0 Å². The van der Waals surface area contributed by atoms with E-state index in [-0.39, 0.29) is 40.5 Å². The van der Waals surface area contributed by atoms with E-state index in [0.717, 1.165) is 4.57 Å². The highest BCUT2D eigenvalue weighted by Crippen LogP contribution is 2.37. The van der Waals surface area contributed by atoms with E-state index < -0.39 is 17.1 Å². The van der Waals surface area contributed by atoms with Crippen molar-refractivity contribution in [3.63, 3.8) is 0 Å². The van der Waals surface area contributed by atoms with Gasteiger partial charge in [-0.2, -0.15) is 17.6 Å². The molecular weight excluding hydrogens is 386 g/mol. The Balaban J connectivity index is 1.96. The van der Waals surface area contributed by atoms with Gasteiger partial charge in [0.1, 0.15) is 0 Å². The van der Waals surface area contributed by atoms with E-state index in [1.54, 1.807) is 0 Å². The summed E-state index contributed by atoms with van der Waals surface area (Å²) >= 11 is -0.272. The Morgan fingerprint density at radius 2 is 1.85 bits per heavy atom. The maximum atomic E-state index is 13.2. The molecule has 5 nitrogen and oxygen atoms in total. The molecule has 142 valence electrons. The van der Waals surface area contributed by atoms with Crippen LogP contribution >= 0.6 is 11.8 Å². The third-order valence-corrected chi connectivity index (χ3v) is 4.56. The van der Waals surface area contributed by atoms with Crippen LogP contribution in [0.15, 0.2) is 52.3 Å². The number of benzene rings is 1. The van der Waals surface area contributed by atoms with Crippen molar-refractivity contribution in [3.05, 3.63) is 70.3 Å². The smallest absolute Gasteiger partial charge is 0.446 e. The first-order chi connectivity index (χ1) is 12.7. The Labute approximate surface area is 154 Å². The van der Waals surface area contributed by atoms with Crippen LogP contribution in [0.3, 0.4) is 0 Å². The summed E-state index contributed by atoms with van der Waals surface area (Å²) in [6.45, 7) is 1.52. The molecule has 1 N–H and O–H groups in total. The molecule has 1 aromatic carbocycles. The summed E-state index contributed by atoms with van der Waals surface area (Å²) in [5.74, 6) is -1.04. The highest BCUT2D eigenvalue weighted by Gasteiger charge is 2.29. The molecule has 0 bridgehead atoms. The topological polar surface area (TPSA) is 60.1 Å². The summed E-state index contributed by atoms with van der Waals surface area (Å²) < 4.78 is 52.7.